The topological polar surface area (TPSA) is 110 Å². The number of rotatable bonds is 6. The van der Waals surface area contributed by atoms with Gasteiger partial charge >= 0.3 is 5.97 Å². The third kappa shape index (κ3) is 5.64. The highest BCUT2D eigenvalue weighted by atomic mass is 79.9. The van der Waals surface area contributed by atoms with Crippen LogP contribution in [-0.4, -0.2) is 71.8 Å². The first-order chi connectivity index (χ1) is 15.9. The average molecular weight is 553 g/mol. The predicted molar refractivity (Wildman–Crippen MR) is 130 cm³/mol. The van der Waals surface area contributed by atoms with E-state index in [1.165, 1.54) is 9.21 Å². The van der Waals surface area contributed by atoms with Crippen LogP contribution in [-0.2, 0) is 14.8 Å². The van der Waals surface area contributed by atoms with Gasteiger partial charge in [-0.25, -0.2) is 23.2 Å². The Morgan fingerprint density at radius 3 is 2.38 bits per heavy atom. The lowest BCUT2D eigenvalue weighted by molar-refractivity contribution is 0.0446. The number of sulfonamides is 1. The van der Waals surface area contributed by atoms with Crippen LogP contribution >= 0.6 is 15.9 Å². The molecule has 1 fully saturated rings. The van der Waals surface area contributed by atoms with Gasteiger partial charge in [-0.2, -0.15) is 4.31 Å². The maximum absolute atomic E-state index is 13.4. The minimum absolute atomic E-state index is 0.0184. The summed E-state index contributed by atoms with van der Waals surface area (Å²) < 4.78 is 33.8. The number of ether oxygens (including phenoxy) is 1. The van der Waals surface area contributed by atoms with Crippen LogP contribution in [0.15, 0.2) is 33.6 Å². The summed E-state index contributed by atoms with van der Waals surface area (Å²) in [4.78, 5) is 36.4. The van der Waals surface area contributed by atoms with Crippen LogP contribution in [0.1, 0.15) is 53.1 Å². The normalized spacial score (nSPS) is 17.1. The molecule has 184 valence electrons. The zero-order chi connectivity index (χ0) is 25.2. The molecule has 1 atom stereocenters. The largest absolute Gasteiger partial charge is 0.462 e. The number of benzene rings is 1. The molecule has 9 nitrogen and oxygen atoms in total. The van der Waals surface area contributed by atoms with Crippen molar-refractivity contribution in [3.8, 4) is 0 Å². The van der Waals surface area contributed by atoms with Gasteiger partial charge in [0.15, 0.2) is 0 Å². The molecular formula is C23H29BrN4O5S. The van der Waals surface area contributed by atoms with Crippen molar-refractivity contribution in [1.29, 1.82) is 0 Å². The van der Waals surface area contributed by atoms with Crippen LogP contribution in [0.2, 0.25) is 0 Å². The molecule has 1 aliphatic heterocycles. The van der Waals surface area contributed by atoms with Gasteiger partial charge in [0.25, 0.3) is 5.91 Å². The number of nitrogens with zero attached hydrogens (tertiary/aromatic N) is 4. The van der Waals surface area contributed by atoms with E-state index in [-0.39, 0.29) is 48.3 Å². The number of aromatic nitrogens is 2. The number of hydrogen-bond donors (Lipinski definition) is 0. The number of carbonyl (C=O) groups excluding carboxylic acids is 2. The molecule has 2 aromatic rings. The standard InChI is InChI=1S/C23H29BrN4O5S/c1-14(2)13-33-23(30)20-16(4)25-17(5)26-21(20)22(29)27-10-11-28(15(3)12-27)34(31,32)19-8-6-18(24)7-9-19/h6-9,14-15H,10-13H2,1-5H3. The minimum atomic E-state index is -3.72. The van der Waals surface area contributed by atoms with Gasteiger partial charge in [-0.3, -0.25) is 4.79 Å². The summed E-state index contributed by atoms with van der Waals surface area (Å²) in [6.45, 7) is 9.55. The van der Waals surface area contributed by atoms with Crippen molar-refractivity contribution in [2.75, 3.05) is 26.2 Å². The summed E-state index contributed by atoms with van der Waals surface area (Å²) in [5, 5.41) is 0. The number of carbonyl (C=O) groups is 2. The minimum Gasteiger partial charge on any atom is -0.462 e. The maximum Gasteiger partial charge on any atom is 0.342 e. The molecule has 0 N–H and O–H groups in total. The second kappa shape index (κ2) is 10.5. The third-order valence-electron chi connectivity index (χ3n) is 5.43. The van der Waals surface area contributed by atoms with Crippen molar-refractivity contribution in [2.24, 2.45) is 5.92 Å². The molecule has 34 heavy (non-hydrogen) atoms. The van der Waals surface area contributed by atoms with Gasteiger partial charge in [-0.1, -0.05) is 29.8 Å². The van der Waals surface area contributed by atoms with Crippen molar-refractivity contribution >= 4 is 37.8 Å². The second-order valence-electron chi connectivity index (χ2n) is 8.74. The van der Waals surface area contributed by atoms with E-state index in [2.05, 4.69) is 25.9 Å². The number of piperazine rings is 1. The van der Waals surface area contributed by atoms with Crippen LogP contribution in [0, 0.1) is 19.8 Å². The Kier molecular flexibility index (Phi) is 8.10. The summed E-state index contributed by atoms with van der Waals surface area (Å²) in [6.07, 6.45) is 0. The van der Waals surface area contributed by atoms with Gasteiger partial charge in [0, 0.05) is 30.1 Å². The van der Waals surface area contributed by atoms with Gasteiger partial charge in [-0.05, 0) is 51.0 Å². The average Bonchev–Trinajstić information content (AvgIpc) is 2.76. The first kappa shape index (κ1) is 26.2. The molecule has 0 bridgehead atoms. The van der Waals surface area contributed by atoms with E-state index in [1.807, 2.05) is 13.8 Å². The first-order valence-corrected chi connectivity index (χ1v) is 13.2. The summed E-state index contributed by atoms with van der Waals surface area (Å²) in [5.41, 5.74) is 0.401. The van der Waals surface area contributed by atoms with E-state index >= 15 is 0 Å². The summed E-state index contributed by atoms with van der Waals surface area (Å²) in [7, 11) is -3.72. The SMILES string of the molecule is Cc1nc(C)c(C(=O)OCC(C)C)c(C(=O)N2CCN(S(=O)(=O)c3ccc(Br)cc3)C(C)C2)n1. The van der Waals surface area contributed by atoms with E-state index in [0.29, 0.717) is 11.5 Å². The fourth-order valence-corrected chi connectivity index (χ4v) is 5.68. The molecular weight excluding hydrogens is 524 g/mol. The number of hydrogen-bond acceptors (Lipinski definition) is 7. The highest BCUT2D eigenvalue weighted by Crippen LogP contribution is 2.24. The number of esters is 1. The zero-order valence-electron chi connectivity index (χ0n) is 19.9. The van der Waals surface area contributed by atoms with Crippen LogP contribution in [0.3, 0.4) is 0 Å². The summed E-state index contributed by atoms with van der Waals surface area (Å²) in [6, 6.07) is 5.98. The molecule has 0 saturated carbocycles. The monoisotopic (exact) mass is 552 g/mol. The quantitative estimate of drug-likeness (QED) is 0.506. The lowest BCUT2D eigenvalue weighted by atomic mass is 10.1. The van der Waals surface area contributed by atoms with Gasteiger partial charge < -0.3 is 9.64 Å². The fraction of sp³-hybridized carbons (Fsp3) is 0.478. The van der Waals surface area contributed by atoms with Crippen LogP contribution < -0.4 is 0 Å². The van der Waals surface area contributed by atoms with Crippen molar-refractivity contribution in [2.45, 2.75) is 45.6 Å². The van der Waals surface area contributed by atoms with E-state index in [1.54, 1.807) is 45.0 Å². The molecule has 1 aromatic carbocycles. The molecule has 11 heteroatoms. The van der Waals surface area contributed by atoms with Gasteiger partial charge in [0.05, 0.1) is 17.2 Å². The molecule has 1 unspecified atom stereocenters. The van der Waals surface area contributed by atoms with E-state index in [9.17, 15) is 18.0 Å². The summed E-state index contributed by atoms with van der Waals surface area (Å²) >= 11 is 3.31. The Morgan fingerprint density at radius 1 is 1.15 bits per heavy atom. The molecule has 0 spiro atoms. The number of halogens is 1. The van der Waals surface area contributed by atoms with Gasteiger partial charge in [-0.15, -0.1) is 0 Å². The fourth-order valence-electron chi connectivity index (χ4n) is 3.80. The van der Waals surface area contributed by atoms with Gasteiger partial charge in [0.1, 0.15) is 17.1 Å². The second-order valence-corrected chi connectivity index (χ2v) is 11.5. The van der Waals surface area contributed by atoms with Crippen molar-refractivity contribution in [3.05, 3.63) is 51.5 Å². The lowest BCUT2D eigenvalue weighted by Gasteiger charge is -2.39. The molecule has 1 saturated heterocycles. The predicted octanol–water partition coefficient (Wildman–Crippen LogP) is 3.20. The van der Waals surface area contributed by atoms with Crippen molar-refractivity contribution < 1.29 is 22.7 Å². The molecule has 1 aromatic heterocycles. The Bertz CT molecular complexity index is 1180. The van der Waals surface area contributed by atoms with E-state index in [0.717, 1.165) is 4.47 Å². The van der Waals surface area contributed by atoms with Crippen LogP contribution in [0.4, 0.5) is 0 Å². The zero-order valence-corrected chi connectivity index (χ0v) is 22.3. The maximum atomic E-state index is 13.4. The Labute approximate surface area is 208 Å². The van der Waals surface area contributed by atoms with E-state index < -0.39 is 27.9 Å². The highest BCUT2D eigenvalue weighted by molar-refractivity contribution is 9.10. The van der Waals surface area contributed by atoms with Crippen molar-refractivity contribution in [3.63, 3.8) is 0 Å². The molecule has 1 amide bonds. The van der Waals surface area contributed by atoms with E-state index in [4.69, 9.17) is 4.74 Å². The van der Waals surface area contributed by atoms with Gasteiger partial charge in [0.2, 0.25) is 10.0 Å². The molecule has 2 heterocycles. The lowest BCUT2D eigenvalue weighted by Crippen LogP contribution is -2.55. The highest BCUT2D eigenvalue weighted by Gasteiger charge is 2.37. The number of aryl methyl sites for hydroxylation is 2. The summed E-state index contributed by atoms with van der Waals surface area (Å²) in [5.74, 6) is -0.584. The Balaban J connectivity index is 1.83. The molecule has 3 rings (SSSR count). The van der Waals surface area contributed by atoms with Crippen LogP contribution in [0.25, 0.3) is 0 Å². The molecule has 1 aliphatic rings. The molecule has 0 aliphatic carbocycles. The third-order valence-corrected chi connectivity index (χ3v) is 7.99. The number of amides is 1. The van der Waals surface area contributed by atoms with Crippen LogP contribution in [0.5, 0.6) is 0 Å². The van der Waals surface area contributed by atoms with Crippen molar-refractivity contribution in [1.82, 2.24) is 19.2 Å². The first-order valence-electron chi connectivity index (χ1n) is 11.0. The smallest absolute Gasteiger partial charge is 0.342 e. The molecule has 0 radical (unpaired) electrons. The Morgan fingerprint density at radius 2 is 1.79 bits per heavy atom. The Hall–Kier alpha value is -2.37.